The first-order chi connectivity index (χ1) is 15.1. The average molecular weight is 447 g/mol. The van der Waals surface area contributed by atoms with E-state index in [1.165, 1.54) is 12.1 Å². The first-order valence-electron chi connectivity index (χ1n) is 9.79. The topological polar surface area (TPSA) is 95.6 Å². The molecule has 1 atom stereocenters. The molecule has 4 amide bonds. The number of carbonyl (C=O) groups excluding carboxylic acids is 4. The van der Waals surface area contributed by atoms with Gasteiger partial charge in [0.25, 0.3) is 11.8 Å². The van der Waals surface area contributed by atoms with E-state index in [1.807, 2.05) is 5.32 Å². The third-order valence-electron chi connectivity index (χ3n) is 4.87. The Labute approximate surface area is 181 Å². The van der Waals surface area contributed by atoms with Crippen molar-refractivity contribution in [3.63, 3.8) is 0 Å². The van der Waals surface area contributed by atoms with Gasteiger partial charge in [0.1, 0.15) is 6.04 Å². The number of hydrogen-bond donors (Lipinski definition) is 2. The molecule has 2 aromatic rings. The maximum atomic E-state index is 13.7. The van der Waals surface area contributed by atoms with Crippen LogP contribution in [0, 0.1) is 23.4 Å². The first kappa shape index (κ1) is 23.0. The summed E-state index contributed by atoms with van der Waals surface area (Å²) >= 11 is 0. The molecule has 0 spiro atoms. The molecule has 0 saturated carbocycles. The Morgan fingerprint density at radius 2 is 1.53 bits per heavy atom. The van der Waals surface area contributed by atoms with Crippen LogP contribution in [0.2, 0.25) is 0 Å². The number of nitrogens with zero attached hydrogens (tertiary/aromatic N) is 1. The molecule has 1 unspecified atom stereocenters. The van der Waals surface area contributed by atoms with Crippen LogP contribution in [0.15, 0.2) is 36.4 Å². The van der Waals surface area contributed by atoms with Crippen LogP contribution >= 0.6 is 0 Å². The van der Waals surface area contributed by atoms with Gasteiger partial charge in [-0.25, -0.2) is 13.2 Å². The number of imide groups is 1. The molecule has 168 valence electrons. The normalized spacial score (nSPS) is 13.9. The highest BCUT2D eigenvalue weighted by atomic mass is 19.2. The van der Waals surface area contributed by atoms with E-state index in [0.29, 0.717) is 6.07 Å². The first-order valence-corrected chi connectivity index (χ1v) is 9.79. The van der Waals surface area contributed by atoms with E-state index >= 15 is 0 Å². The van der Waals surface area contributed by atoms with E-state index in [4.69, 9.17) is 0 Å². The summed E-state index contributed by atoms with van der Waals surface area (Å²) in [5.74, 6) is -7.68. The van der Waals surface area contributed by atoms with Crippen molar-refractivity contribution < 1.29 is 32.3 Å². The highest BCUT2D eigenvalue weighted by Crippen LogP contribution is 2.27. The fourth-order valence-electron chi connectivity index (χ4n) is 3.37. The molecule has 10 heteroatoms. The molecular weight excluding hydrogens is 427 g/mol. The van der Waals surface area contributed by atoms with E-state index in [9.17, 15) is 32.3 Å². The monoisotopic (exact) mass is 447 g/mol. The maximum absolute atomic E-state index is 13.7. The van der Waals surface area contributed by atoms with Crippen LogP contribution in [0.25, 0.3) is 0 Å². The lowest BCUT2D eigenvalue weighted by atomic mass is 10.0. The van der Waals surface area contributed by atoms with E-state index in [2.05, 4.69) is 5.32 Å². The SMILES string of the molecule is CC(C)CC(C(=O)NCC(=O)Nc1ccc(F)c(F)c1F)N1C(=O)c2ccccc2C1=O. The van der Waals surface area contributed by atoms with Gasteiger partial charge in [-0.15, -0.1) is 0 Å². The van der Waals surface area contributed by atoms with Crippen LogP contribution in [0.3, 0.4) is 0 Å². The Balaban J connectivity index is 1.71. The van der Waals surface area contributed by atoms with Crippen molar-refractivity contribution in [2.45, 2.75) is 26.3 Å². The average Bonchev–Trinajstić information content (AvgIpc) is 3.01. The summed E-state index contributed by atoms with van der Waals surface area (Å²) in [6, 6.07) is 6.50. The number of rotatable bonds is 7. The molecule has 0 fully saturated rings. The molecule has 0 saturated heterocycles. The molecule has 2 aromatic carbocycles. The Hall–Kier alpha value is -3.69. The summed E-state index contributed by atoms with van der Waals surface area (Å²) in [5, 5.41) is 4.34. The summed E-state index contributed by atoms with van der Waals surface area (Å²) in [6.45, 7) is 2.96. The zero-order chi connectivity index (χ0) is 23.6. The quantitative estimate of drug-likeness (QED) is 0.504. The van der Waals surface area contributed by atoms with Gasteiger partial charge in [0, 0.05) is 0 Å². The number of nitrogens with one attached hydrogen (secondary N) is 2. The lowest BCUT2D eigenvalue weighted by Crippen LogP contribution is -2.51. The number of benzene rings is 2. The second-order valence-electron chi connectivity index (χ2n) is 7.66. The Bertz CT molecular complexity index is 1070. The van der Waals surface area contributed by atoms with E-state index in [0.717, 1.165) is 11.0 Å². The summed E-state index contributed by atoms with van der Waals surface area (Å²) < 4.78 is 40.0. The van der Waals surface area contributed by atoms with E-state index in [1.54, 1.807) is 26.0 Å². The molecule has 1 aliphatic heterocycles. The van der Waals surface area contributed by atoms with Crippen LogP contribution in [0.4, 0.5) is 18.9 Å². The summed E-state index contributed by atoms with van der Waals surface area (Å²) in [7, 11) is 0. The summed E-state index contributed by atoms with van der Waals surface area (Å²) in [5.41, 5.74) is -0.224. The number of hydrogen-bond acceptors (Lipinski definition) is 4. The van der Waals surface area contributed by atoms with Crippen molar-refractivity contribution in [2.75, 3.05) is 11.9 Å². The third kappa shape index (κ3) is 4.48. The number of anilines is 1. The summed E-state index contributed by atoms with van der Waals surface area (Å²) in [4.78, 5) is 51.3. The Morgan fingerprint density at radius 3 is 2.09 bits per heavy atom. The van der Waals surface area contributed by atoms with Crippen molar-refractivity contribution in [3.8, 4) is 0 Å². The molecule has 32 heavy (non-hydrogen) atoms. The zero-order valence-electron chi connectivity index (χ0n) is 17.2. The molecular formula is C22H20F3N3O4. The Kier molecular flexibility index (Phi) is 6.61. The van der Waals surface area contributed by atoms with Crippen molar-refractivity contribution in [1.29, 1.82) is 0 Å². The van der Waals surface area contributed by atoms with Crippen LogP contribution in [-0.2, 0) is 9.59 Å². The molecule has 3 rings (SSSR count). The van der Waals surface area contributed by atoms with Gasteiger partial charge in [-0.3, -0.25) is 24.1 Å². The molecule has 0 bridgehead atoms. The second kappa shape index (κ2) is 9.21. The van der Waals surface area contributed by atoms with Gasteiger partial charge >= 0.3 is 0 Å². The number of carbonyl (C=O) groups is 4. The van der Waals surface area contributed by atoms with Gasteiger partial charge in [-0.05, 0) is 36.6 Å². The lowest BCUT2D eigenvalue weighted by molar-refractivity contribution is -0.127. The minimum Gasteiger partial charge on any atom is -0.345 e. The molecule has 7 nitrogen and oxygen atoms in total. The molecule has 2 N–H and O–H groups in total. The predicted molar refractivity (Wildman–Crippen MR) is 108 cm³/mol. The number of halogens is 3. The van der Waals surface area contributed by atoms with Crippen LogP contribution in [0.1, 0.15) is 41.0 Å². The molecule has 1 heterocycles. The fourth-order valence-corrected chi connectivity index (χ4v) is 3.37. The molecule has 0 aliphatic carbocycles. The minimum absolute atomic E-state index is 0.0693. The van der Waals surface area contributed by atoms with Crippen molar-refractivity contribution >= 4 is 29.3 Å². The highest BCUT2D eigenvalue weighted by Gasteiger charge is 2.42. The van der Waals surface area contributed by atoms with Crippen LogP contribution < -0.4 is 10.6 Å². The smallest absolute Gasteiger partial charge is 0.262 e. The van der Waals surface area contributed by atoms with Crippen molar-refractivity contribution in [3.05, 3.63) is 65.0 Å². The van der Waals surface area contributed by atoms with Crippen LogP contribution in [-0.4, -0.2) is 41.1 Å². The van der Waals surface area contributed by atoms with Gasteiger partial charge < -0.3 is 10.6 Å². The largest absolute Gasteiger partial charge is 0.345 e. The van der Waals surface area contributed by atoms with Gasteiger partial charge in [-0.2, -0.15) is 0 Å². The van der Waals surface area contributed by atoms with Gasteiger partial charge in [0.2, 0.25) is 11.8 Å². The van der Waals surface area contributed by atoms with Crippen LogP contribution in [0.5, 0.6) is 0 Å². The van der Waals surface area contributed by atoms with Gasteiger partial charge in [-0.1, -0.05) is 26.0 Å². The molecule has 1 aliphatic rings. The zero-order valence-corrected chi connectivity index (χ0v) is 17.2. The third-order valence-corrected chi connectivity index (χ3v) is 4.87. The number of amides is 4. The molecule has 0 aromatic heterocycles. The lowest BCUT2D eigenvalue weighted by Gasteiger charge is -2.26. The predicted octanol–water partition coefficient (Wildman–Crippen LogP) is 2.87. The minimum atomic E-state index is -1.74. The van der Waals surface area contributed by atoms with E-state index in [-0.39, 0.29) is 23.5 Å². The molecule has 0 radical (unpaired) electrons. The Morgan fingerprint density at radius 1 is 0.938 bits per heavy atom. The van der Waals surface area contributed by atoms with Gasteiger partial charge in [0.05, 0.1) is 23.4 Å². The second-order valence-corrected chi connectivity index (χ2v) is 7.66. The highest BCUT2D eigenvalue weighted by molar-refractivity contribution is 6.22. The van der Waals surface area contributed by atoms with Crippen molar-refractivity contribution in [2.24, 2.45) is 5.92 Å². The van der Waals surface area contributed by atoms with Gasteiger partial charge in [0.15, 0.2) is 17.5 Å². The van der Waals surface area contributed by atoms with Crippen molar-refractivity contribution in [1.82, 2.24) is 10.2 Å². The summed E-state index contributed by atoms with van der Waals surface area (Å²) in [6.07, 6.45) is 0.150. The standard InChI is InChI=1S/C22H20F3N3O4/c1-11(2)9-16(28-21(31)12-5-3-4-6-13(12)22(28)32)20(30)26-10-17(29)27-15-8-7-14(23)18(24)19(15)25/h3-8,11,16H,9-10H2,1-2H3,(H,26,30)(H,27,29). The number of fused-ring (bicyclic) bond motifs is 1. The maximum Gasteiger partial charge on any atom is 0.262 e. The fraction of sp³-hybridized carbons (Fsp3) is 0.273. The van der Waals surface area contributed by atoms with E-state index < -0.39 is 59.4 Å².